The first-order valence-electron chi connectivity index (χ1n) is 12.8. The van der Waals surface area contributed by atoms with Crippen molar-refractivity contribution < 1.29 is 22.7 Å². The molecule has 0 saturated heterocycles. The van der Waals surface area contributed by atoms with Gasteiger partial charge in [-0.05, 0) is 66.1 Å². The van der Waals surface area contributed by atoms with Crippen LogP contribution in [0.4, 0.5) is 24.7 Å². The van der Waals surface area contributed by atoms with Gasteiger partial charge in [-0.1, -0.05) is 18.2 Å². The van der Waals surface area contributed by atoms with Crippen molar-refractivity contribution in [1.82, 2.24) is 15.0 Å². The van der Waals surface area contributed by atoms with E-state index >= 15 is 0 Å². The Hall–Kier alpha value is -4.21. The quantitative estimate of drug-likeness (QED) is 0.306. The Kier molecular flexibility index (Phi) is 6.32. The zero-order valence-corrected chi connectivity index (χ0v) is 21.2. The average molecular weight is 534 g/mol. The number of alkyl halides is 3. The number of aromatic nitrogens is 3. The van der Waals surface area contributed by atoms with E-state index in [0.717, 1.165) is 45.6 Å². The number of carbonyl (C=O) groups is 1. The van der Waals surface area contributed by atoms with Crippen molar-refractivity contribution in [3.63, 3.8) is 0 Å². The van der Waals surface area contributed by atoms with Crippen molar-refractivity contribution in [3.05, 3.63) is 76.2 Å². The van der Waals surface area contributed by atoms with E-state index in [4.69, 9.17) is 4.74 Å². The number of hydrogen-bond donors (Lipinski definition) is 2. The maximum absolute atomic E-state index is 13.2. The van der Waals surface area contributed by atoms with Gasteiger partial charge in [0, 0.05) is 24.2 Å². The monoisotopic (exact) mass is 533 g/mol. The summed E-state index contributed by atoms with van der Waals surface area (Å²) in [5, 5.41) is 4.24. The second kappa shape index (κ2) is 9.83. The number of aromatic amines is 1. The molecule has 3 heterocycles. The van der Waals surface area contributed by atoms with Gasteiger partial charge in [-0.25, -0.2) is 9.97 Å². The molecule has 0 fully saturated rings. The highest BCUT2D eigenvalue weighted by Crippen LogP contribution is 2.38. The van der Waals surface area contributed by atoms with E-state index in [1.165, 1.54) is 12.4 Å². The molecule has 6 rings (SSSR count). The molecule has 2 N–H and O–H groups in total. The normalized spacial score (nSPS) is 16.3. The van der Waals surface area contributed by atoms with Crippen LogP contribution in [0.5, 0.6) is 5.75 Å². The summed E-state index contributed by atoms with van der Waals surface area (Å²) in [7, 11) is 1.62. The van der Waals surface area contributed by atoms with E-state index in [1.54, 1.807) is 13.2 Å². The number of carbonyl (C=O) groups excluding carboxylic acids is 1. The number of ketones is 1. The summed E-state index contributed by atoms with van der Waals surface area (Å²) in [4.78, 5) is 29.8. The zero-order valence-electron chi connectivity index (χ0n) is 21.2. The van der Waals surface area contributed by atoms with Gasteiger partial charge in [0.15, 0.2) is 0 Å². The number of halogens is 3. The molecule has 39 heavy (non-hydrogen) atoms. The van der Waals surface area contributed by atoms with E-state index in [0.29, 0.717) is 48.6 Å². The van der Waals surface area contributed by atoms with E-state index in [9.17, 15) is 18.0 Å². The minimum atomic E-state index is -4.40. The van der Waals surface area contributed by atoms with Gasteiger partial charge in [0.05, 0.1) is 30.3 Å². The highest BCUT2D eigenvalue weighted by Gasteiger charge is 2.31. The van der Waals surface area contributed by atoms with Gasteiger partial charge in [-0.15, -0.1) is 0 Å². The maximum Gasteiger partial charge on any atom is 0.416 e. The number of aryl methyl sites for hydroxylation is 2. The second-order valence-corrected chi connectivity index (χ2v) is 9.98. The van der Waals surface area contributed by atoms with Crippen LogP contribution in [-0.4, -0.2) is 34.1 Å². The first-order valence-corrected chi connectivity index (χ1v) is 12.8. The number of Topliss-reactive ketones (excluding diaryl/α,β-unsaturated/α-hetero) is 1. The van der Waals surface area contributed by atoms with Crippen LogP contribution in [0, 0.1) is 5.92 Å². The molecule has 10 heteroatoms. The lowest BCUT2D eigenvalue weighted by molar-refractivity contribution is -0.137. The first-order chi connectivity index (χ1) is 18.8. The molecule has 1 aliphatic heterocycles. The summed E-state index contributed by atoms with van der Waals surface area (Å²) < 4.78 is 44.8. The number of fused-ring (bicyclic) bond motifs is 4. The Bertz CT molecular complexity index is 1610. The van der Waals surface area contributed by atoms with E-state index in [-0.39, 0.29) is 24.5 Å². The Labute approximate surface area is 222 Å². The van der Waals surface area contributed by atoms with Crippen molar-refractivity contribution in [2.75, 3.05) is 12.4 Å². The number of nitrogens with one attached hydrogen (secondary N) is 2. The molecule has 4 aromatic rings. The van der Waals surface area contributed by atoms with E-state index < -0.39 is 11.7 Å². The second-order valence-electron chi connectivity index (χ2n) is 9.98. The molecule has 0 radical (unpaired) electrons. The van der Waals surface area contributed by atoms with E-state index in [2.05, 4.69) is 25.3 Å². The minimum Gasteiger partial charge on any atom is -0.495 e. The Morgan fingerprint density at radius 1 is 1.21 bits per heavy atom. The van der Waals surface area contributed by atoms with Crippen LogP contribution in [0.2, 0.25) is 0 Å². The van der Waals surface area contributed by atoms with Crippen LogP contribution < -0.4 is 10.1 Å². The molecule has 0 amide bonds. The molecular formula is C29H26F3N5O2. The van der Waals surface area contributed by atoms with Crippen molar-refractivity contribution in [1.29, 1.82) is 0 Å². The van der Waals surface area contributed by atoms with Crippen molar-refractivity contribution in [2.45, 2.75) is 44.8 Å². The van der Waals surface area contributed by atoms with Gasteiger partial charge < -0.3 is 15.0 Å². The van der Waals surface area contributed by atoms with Crippen molar-refractivity contribution in [3.8, 4) is 5.75 Å². The van der Waals surface area contributed by atoms with Crippen molar-refractivity contribution >= 4 is 34.5 Å². The molecule has 2 aromatic carbocycles. The predicted molar refractivity (Wildman–Crippen MR) is 142 cm³/mol. The molecule has 0 saturated carbocycles. The van der Waals surface area contributed by atoms with Crippen LogP contribution in [0.15, 0.2) is 47.7 Å². The summed E-state index contributed by atoms with van der Waals surface area (Å²) in [6.07, 6.45) is 1.28. The lowest BCUT2D eigenvalue weighted by Crippen LogP contribution is -2.23. The lowest BCUT2D eigenvalue weighted by Gasteiger charge is -2.22. The third kappa shape index (κ3) is 4.86. The summed E-state index contributed by atoms with van der Waals surface area (Å²) in [6, 6.07) is 9.14. The average Bonchev–Trinajstić information content (AvgIpc) is 3.54. The number of rotatable bonds is 7. The zero-order chi connectivity index (χ0) is 27.1. The van der Waals surface area contributed by atoms with Crippen LogP contribution in [0.3, 0.4) is 0 Å². The van der Waals surface area contributed by atoms with Crippen LogP contribution in [-0.2, 0) is 36.8 Å². The van der Waals surface area contributed by atoms with Crippen molar-refractivity contribution in [2.24, 2.45) is 10.9 Å². The summed E-state index contributed by atoms with van der Waals surface area (Å²) in [5.74, 6) is 1.13. The van der Waals surface area contributed by atoms with Gasteiger partial charge in [0.2, 0.25) is 0 Å². The molecule has 1 atom stereocenters. The number of benzene rings is 2. The number of ether oxygens (including phenoxy) is 1. The number of anilines is 2. The number of aliphatic imine (C=N–C) groups is 1. The Balaban J connectivity index is 1.23. The highest BCUT2D eigenvalue weighted by atomic mass is 19.4. The Morgan fingerprint density at radius 2 is 2.08 bits per heavy atom. The fraction of sp³-hybridized carbons (Fsp3) is 0.310. The van der Waals surface area contributed by atoms with Crippen LogP contribution >= 0.6 is 0 Å². The summed E-state index contributed by atoms with van der Waals surface area (Å²) in [5.41, 5.74) is 5.40. The smallest absolute Gasteiger partial charge is 0.416 e. The number of methoxy groups -OCH3 is 1. The molecule has 2 aliphatic rings. The molecule has 0 bridgehead atoms. The number of hydrogen-bond acceptors (Lipinski definition) is 6. The topological polar surface area (TPSA) is 92.3 Å². The van der Waals surface area contributed by atoms with E-state index in [1.807, 2.05) is 18.3 Å². The fourth-order valence-electron chi connectivity index (χ4n) is 5.52. The molecule has 1 unspecified atom stereocenters. The highest BCUT2D eigenvalue weighted by molar-refractivity contribution is 5.95. The predicted octanol–water partition coefficient (Wildman–Crippen LogP) is 5.97. The third-order valence-electron chi connectivity index (χ3n) is 7.55. The largest absolute Gasteiger partial charge is 0.495 e. The molecule has 200 valence electrons. The van der Waals surface area contributed by atoms with Crippen LogP contribution in [0.1, 0.15) is 46.4 Å². The molecule has 0 spiro atoms. The fourth-order valence-corrected chi connectivity index (χ4v) is 5.52. The Morgan fingerprint density at radius 3 is 2.90 bits per heavy atom. The summed E-state index contributed by atoms with van der Waals surface area (Å²) in [6.45, 7) is 0.623. The molecule has 2 aromatic heterocycles. The number of H-pyrrole nitrogens is 1. The number of nitrogens with zero attached hydrogens (tertiary/aromatic N) is 3. The standard InChI is InChI=1S/C29H26F3N5O2/c1-39-25-12-19-14-33-13-18(19)11-23(25)37-28-26-21-10-17(6-7-22(21)36-27(26)34-15-35-28)24(38)8-5-16-3-2-4-20(9-16)29(30,31)32/h2-4,9,11-13,15,17H,5-8,10,14H2,1H3,(H2,34,35,36,37). The molecular weight excluding hydrogens is 507 g/mol. The van der Waals surface area contributed by atoms with Gasteiger partial charge in [0.1, 0.15) is 29.3 Å². The van der Waals surface area contributed by atoms with Gasteiger partial charge in [-0.3, -0.25) is 9.79 Å². The SMILES string of the molecule is COc1cc2c(cc1Nc1ncnc3[nH]c4c(c13)CC(C(=O)CCc1cccc(C(F)(F)F)c1)CC4)C=NC2. The first kappa shape index (κ1) is 25.1. The minimum absolute atomic E-state index is 0.0540. The third-order valence-corrected chi connectivity index (χ3v) is 7.55. The van der Waals surface area contributed by atoms with Gasteiger partial charge in [0.25, 0.3) is 0 Å². The van der Waals surface area contributed by atoms with Crippen LogP contribution in [0.25, 0.3) is 11.0 Å². The van der Waals surface area contributed by atoms with Gasteiger partial charge >= 0.3 is 6.18 Å². The molecule has 1 aliphatic carbocycles. The maximum atomic E-state index is 13.2. The lowest BCUT2D eigenvalue weighted by atomic mass is 9.82. The van der Waals surface area contributed by atoms with Gasteiger partial charge in [-0.2, -0.15) is 13.2 Å². The molecule has 7 nitrogen and oxygen atoms in total. The summed E-state index contributed by atoms with van der Waals surface area (Å²) >= 11 is 0.